The van der Waals surface area contributed by atoms with Crippen molar-refractivity contribution in [3.63, 3.8) is 0 Å². The number of aromatic nitrogens is 3. The van der Waals surface area contributed by atoms with Crippen LogP contribution in [0, 0.1) is 6.92 Å². The molecule has 0 saturated heterocycles. The number of benzene rings is 3. The Hall–Kier alpha value is -4.03. The van der Waals surface area contributed by atoms with E-state index in [2.05, 4.69) is 5.10 Å². The van der Waals surface area contributed by atoms with E-state index in [1.54, 1.807) is 35.8 Å². The van der Waals surface area contributed by atoms with Crippen molar-refractivity contribution >= 4 is 22.5 Å². The van der Waals surface area contributed by atoms with Gasteiger partial charge in [0.25, 0.3) is 11.1 Å². The standard InChI is InChI=1S/C26H20ClN3O3/c1-17-25-22(28-30(26(25)32)23-13-6-5-12-21(23)27)15-24(31)29(17)16-18-8-7-11-20(14-18)33-19-9-3-2-4-10-19/h2-15,28H,16H2,1H3. The first kappa shape index (κ1) is 20.8. The summed E-state index contributed by atoms with van der Waals surface area (Å²) in [6.45, 7) is 2.09. The van der Waals surface area contributed by atoms with Crippen LogP contribution >= 0.6 is 11.6 Å². The van der Waals surface area contributed by atoms with E-state index >= 15 is 0 Å². The fourth-order valence-electron chi connectivity index (χ4n) is 3.92. The van der Waals surface area contributed by atoms with Crippen molar-refractivity contribution in [1.29, 1.82) is 0 Å². The van der Waals surface area contributed by atoms with Crippen molar-refractivity contribution in [1.82, 2.24) is 14.3 Å². The first-order valence-electron chi connectivity index (χ1n) is 10.4. The molecule has 5 aromatic rings. The Bertz CT molecular complexity index is 1580. The van der Waals surface area contributed by atoms with E-state index in [0.717, 1.165) is 11.3 Å². The first-order valence-corrected chi connectivity index (χ1v) is 10.8. The van der Waals surface area contributed by atoms with E-state index < -0.39 is 0 Å². The smallest absolute Gasteiger partial charge is 0.280 e. The van der Waals surface area contributed by atoms with Crippen LogP contribution in [-0.4, -0.2) is 14.3 Å². The normalized spacial score (nSPS) is 11.1. The van der Waals surface area contributed by atoms with Crippen LogP contribution in [0.5, 0.6) is 11.5 Å². The van der Waals surface area contributed by atoms with Gasteiger partial charge in [-0.05, 0) is 48.9 Å². The largest absolute Gasteiger partial charge is 0.457 e. The van der Waals surface area contributed by atoms with Gasteiger partial charge in [0.2, 0.25) is 0 Å². The Balaban J connectivity index is 1.54. The van der Waals surface area contributed by atoms with Gasteiger partial charge in [0.15, 0.2) is 0 Å². The number of rotatable bonds is 5. The van der Waals surface area contributed by atoms with Crippen LogP contribution in [0.4, 0.5) is 0 Å². The van der Waals surface area contributed by atoms with Crippen molar-refractivity contribution in [2.45, 2.75) is 13.5 Å². The number of halogens is 1. The Kier molecular flexibility index (Phi) is 5.36. The average molecular weight is 458 g/mol. The lowest BCUT2D eigenvalue weighted by atomic mass is 10.2. The van der Waals surface area contributed by atoms with Gasteiger partial charge in [-0.15, -0.1) is 0 Å². The van der Waals surface area contributed by atoms with Gasteiger partial charge >= 0.3 is 0 Å². The number of nitrogens with zero attached hydrogens (tertiary/aromatic N) is 2. The molecule has 3 aromatic carbocycles. The highest BCUT2D eigenvalue weighted by Crippen LogP contribution is 2.23. The summed E-state index contributed by atoms with van der Waals surface area (Å²) in [6, 6.07) is 25.6. The third-order valence-electron chi connectivity index (χ3n) is 5.53. The number of hydrogen-bond acceptors (Lipinski definition) is 3. The zero-order valence-electron chi connectivity index (χ0n) is 17.8. The lowest BCUT2D eigenvalue weighted by molar-refractivity contribution is 0.481. The fraction of sp³-hybridized carbons (Fsp3) is 0.0769. The monoisotopic (exact) mass is 457 g/mol. The molecule has 2 heterocycles. The minimum atomic E-state index is -0.259. The lowest BCUT2D eigenvalue weighted by Crippen LogP contribution is -2.23. The minimum absolute atomic E-state index is 0.207. The first-order chi connectivity index (χ1) is 16.0. The molecule has 0 aliphatic rings. The number of aromatic amines is 1. The van der Waals surface area contributed by atoms with E-state index in [9.17, 15) is 9.59 Å². The molecular weight excluding hydrogens is 438 g/mol. The molecule has 33 heavy (non-hydrogen) atoms. The predicted octanol–water partition coefficient (Wildman–Crippen LogP) is 5.28. The summed E-state index contributed by atoms with van der Waals surface area (Å²) >= 11 is 6.28. The Morgan fingerprint density at radius 1 is 0.879 bits per heavy atom. The number of pyridine rings is 1. The van der Waals surface area contributed by atoms with E-state index in [-0.39, 0.29) is 11.1 Å². The highest BCUT2D eigenvalue weighted by molar-refractivity contribution is 6.32. The average Bonchev–Trinajstić information content (AvgIpc) is 3.13. The molecule has 2 aromatic heterocycles. The molecule has 0 amide bonds. The lowest BCUT2D eigenvalue weighted by Gasteiger charge is -2.12. The summed E-state index contributed by atoms with van der Waals surface area (Å²) in [5, 5.41) is 3.91. The van der Waals surface area contributed by atoms with E-state index in [1.807, 2.05) is 54.6 Å². The number of aryl methyl sites for hydroxylation is 1. The van der Waals surface area contributed by atoms with Crippen LogP contribution in [0.1, 0.15) is 11.3 Å². The van der Waals surface area contributed by atoms with Crippen LogP contribution in [0.15, 0.2) is 94.5 Å². The topological polar surface area (TPSA) is 69.0 Å². The second-order valence-electron chi connectivity index (χ2n) is 7.71. The van der Waals surface area contributed by atoms with Crippen LogP contribution in [0.3, 0.4) is 0 Å². The summed E-state index contributed by atoms with van der Waals surface area (Å²) in [5.41, 5.74) is 2.01. The van der Waals surface area contributed by atoms with Crippen molar-refractivity contribution in [2.75, 3.05) is 0 Å². The fourth-order valence-corrected chi connectivity index (χ4v) is 4.14. The molecule has 0 aliphatic carbocycles. The molecule has 0 aliphatic heterocycles. The number of fused-ring (bicyclic) bond motifs is 1. The quantitative estimate of drug-likeness (QED) is 0.390. The van der Waals surface area contributed by atoms with Crippen molar-refractivity contribution < 1.29 is 4.74 Å². The summed E-state index contributed by atoms with van der Waals surface area (Å²) in [5.74, 6) is 1.41. The molecule has 6 nitrogen and oxygen atoms in total. The Morgan fingerprint density at radius 3 is 2.39 bits per heavy atom. The third-order valence-corrected chi connectivity index (χ3v) is 5.85. The Morgan fingerprint density at radius 2 is 1.61 bits per heavy atom. The van der Waals surface area contributed by atoms with Gasteiger partial charge in [0, 0.05) is 11.8 Å². The van der Waals surface area contributed by atoms with E-state index in [1.165, 1.54) is 10.7 Å². The van der Waals surface area contributed by atoms with Crippen LogP contribution < -0.4 is 15.9 Å². The summed E-state index contributed by atoms with van der Waals surface area (Å²) in [7, 11) is 0. The van der Waals surface area contributed by atoms with Crippen LogP contribution in [-0.2, 0) is 6.54 Å². The van der Waals surface area contributed by atoms with Crippen molar-refractivity contribution in [3.8, 4) is 17.2 Å². The summed E-state index contributed by atoms with van der Waals surface area (Å²) in [4.78, 5) is 26.1. The number of H-pyrrole nitrogens is 1. The molecule has 0 saturated carbocycles. The van der Waals surface area contributed by atoms with Gasteiger partial charge in [-0.25, -0.2) is 4.68 Å². The van der Waals surface area contributed by atoms with E-state index in [0.29, 0.717) is 39.6 Å². The molecule has 1 N–H and O–H groups in total. The Labute approximate surface area is 194 Å². The zero-order chi connectivity index (χ0) is 22.9. The molecule has 0 atom stereocenters. The molecule has 0 bridgehead atoms. The SMILES string of the molecule is Cc1c2c(=O)n(-c3ccccc3Cl)[nH]c2cc(=O)n1Cc1cccc(Oc2ccccc2)c1. The molecule has 5 rings (SSSR count). The molecular formula is C26H20ClN3O3. The second-order valence-corrected chi connectivity index (χ2v) is 8.12. The highest BCUT2D eigenvalue weighted by atomic mass is 35.5. The number of nitrogens with one attached hydrogen (secondary N) is 1. The third kappa shape index (κ3) is 3.97. The van der Waals surface area contributed by atoms with Crippen molar-refractivity contribution in [3.05, 3.63) is 122 Å². The van der Waals surface area contributed by atoms with Crippen LogP contribution in [0.2, 0.25) is 5.02 Å². The van der Waals surface area contributed by atoms with Gasteiger partial charge in [0.05, 0.1) is 28.2 Å². The summed E-state index contributed by atoms with van der Waals surface area (Å²) < 4.78 is 8.88. The number of ether oxygens (including phenoxy) is 1. The number of hydrogen-bond donors (Lipinski definition) is 1. The molecule has 0 spiro atoms. The summed E-state index contributed by atoms with van der Waals surface area (Å²) in [6.07, 6.45) is 0. The zero-order valence-corrected chi connectivity index (χ0v) is 18.5. The highest BCUT2D eigenvalue weighted by Gasteiger charge is 2.16. The number of para-hydroxylation sites is 2. The predicted molar refractivity (Wildman–Crippen MR) is 130 cm³/mol. The van der Waals surface area contributed by atoms with Crippen molar-refractivity contribution in [2.24, 2.45) is 0 Å². The van der Waals surface area contributed by atoms with Gasteiger partial charge in [-0.2, -0.15) is 0 Å². The maximum absolute atomic E-state index is 13.2. The van der Waals surface area contributed by atoms with Gasteiger partial charge in [0.1, 0.15) is 11.5 Å². The van der Waals surface area contributed by atoms with Gasteiger partial charge in [-0.3, -0.25) is 14.7 Å². The second kappa shape index (κ2) is 8.48. The van der Waals surface area contributed by atoms with E-state index in [4.69, 9.17) is 16.3 Å². The van der Waals surface area contributed by atoms with Gasteiger partial charge in [-0.1, -0.05) is 54.1 Å². The molecule has 0 unspecified atom stereocenters. The molecule has 0 fully saturated rings. The molecule has 7 heteroatoms. The molecule has 164 valence electrons. The van der Waals surface area contributed by atoms with Crippen LogP contribution in [0.25, 0.3) is 16.6 Å². The maximum atomic E-state index is 13.2. The van der Waals surface area contributed by atoms with Gasteiger partial charge < -0.3 is 9.30 Å². The molecule has 0 radical (unpaired) electrons. The maximum Gasteiger partial charge on any atom is 0.280 e. The minimum Gasteiger partial charge on any atom is -0.457 e.